The summed E-state index contributed by atoms with van der Waals surface area (Å²) in [6.07, 6.45) is 4.55. The van der Waals surface area contributed by atoms with Gasteiger partial charge in [0, 0.05) is 5.92 Å². The fourth-order valence-corrected chi connectivity index (χ4v) is 1.71. The van der Waals surface area contributed by atoms with E-state index in [1.54, 1.807) is 0 Å². The third-order valence-electron chi connectivity index (χ3n) is 2.34. The highest BCUT2D eigenvalue weighted by Crippen LogP contribution is 2.21. The van der Waals surface area contributed by atoms with Crippen molar-refractivity contribution in [2.45, 2.75) is 26.7 Å². The quantitative estimate of drug-likeness (QED) is 0.652. The van der Waals surface area contributed by atoms with Gasteiger partial charge < -0.3 is 10.1 Å². The highest BCUT2D eigenvalue weighted by Gasteiger charge is 2.17. The van der Waals surface area contributed by atoms with E-state index in [4.69, 9.17) is 4.74 Å². The van der Waals surface area contributed by atoms with Gasteiger partial charge in [-0.15, -0.1) is 0 Å². The summed E-state index contributed by atoms with van der Waals surface area (Å²) in [7, 11) is 0. The molecule has 12 heavy (non-hydrogen) atoms. The van der Waals surface area contributed by atoms with Crippen molar-refractivity contribution in [2.75, 3.05) is 19.7 Å². The molecule has 1 fully saturated rings. The molecule has 0 atom stereocenters. The van der Waals surface area contributed by atoms with Crippen molar-refractivity contribution in [3.05, 3.63) is 11.8 Å². The summed E-state index contributed by atoms with van der Waals surface area (Å²) in [6.45, 7) is 7.17. The smallest absolute Gasteiger partial charge is 0.0948 e. The number of ether oxygens (including phenoxy) is 1. The molecule has 1 rings (SSSR count). The van der Waals surface area contributed by atoms with Gasteiger partial charge in [-0.1, -0.05) is 0 Å². The Morgan fingerprint density at radius 3 is 2.67 bits per heavy atom. The number of rotatable bonds is 3. The lowest BCUT2D eigenvalue weighted by Crippen LogP contribution is -2.29. The van der Waals surface area contributed by atoms with Crippen LogP contribution in [0.5, 0.6) is 0 Å². The van der Waals surface area contributed by atoms with Crippen LogP contribution in [0.15, 0.2) is 11.8 Å². The number of nitrogens with one attached hydrogen (secondary N) is 1. The SMILES string of the molecule is CC=C(OCC)C1CCNCC1. The van der Waals surface area contributed by atoms with E-state index in [2.05, 4.69) is 18.3 Å². The molecule has 0 aromatic carbocycles. The summed E-state index contributed by atoms with van der Waals surface area (Å²) >= 11 is 0. The van der Waals surface area contributed by atoms with E-state index >= 15 is 0 Å². The molecule has 0 radical (unpaired) electrons. The number of hydrogen-bond donors (Lipinski definition) is 1. The van der Waals surface area contributed by atoms with Crippen LogP contribution in [-0.4, -0.2) is 19.7 Å². The third kappa shape index (κ3) is 2.52. The predicted octanol–water partition coefficient (Wildman–Crippen LogP) is 1.93. The minimum Gasteiger partial charge on any atom is -0.498 e. The summed E-state index contributed by atoms with van der Waals surface area (Å²) in [5.74, 6) is 1.86. The molecule has 0 aromatic heterocycles. The van der Waals surface area contributed by atoms with Gasteiger partial charge in [0.1, 0.15) is 0 Å². The van der Waals surface area contributed by atoms with Crippen LogP contribution in [0, 0.1) is 5.92 Å². The Labute approximate surface area is 75.0 Å². The predicted molar refractivity (Wildman–Crippen MR) is 51.0 cm³/mol. The standard InChI is InChI=1S/C10H19NO/c1-3-10(12-4-2)9-5-7-11-8-6-9/h3,9,11H,4-8H2,1-2H3. The van der Waals surface area contributed by atoms with E-state index < -0.39 is 0 Å². The van der Waals surface area contributed by atoms with Gasteiger partial charge in [-0.3, -0.25) is 0 Å². The van der Waals surface area contributed by atoms with Crippen molar-refractivity contribution in [2.24, 2.45) is 5.92 Å². The zero-order valence-corrected chi connectivity index (χ0v) is 8.10. The average Bonchev–Trinajstić information content (AvgIpc) is 2.15. The lowest BCUT2D eigenvalue weighted by Gasteiger charge is -2.24. The van der Waals surface area contributed by atoms with Gasteiger partial charge in [0.05, 0.1) is 12.4 Å². The van der Waals surface area contributed by atoms with Crippen molar-refractivity contribution >= 4 is 0 Å². The number of piperidine rings is 1. The molecule has 0 aromatic rings. The first kappa shape index (κ1) is 9.59. The maximum absolute atomic E-state index is 5.56. The first-order valence-corrected chi connectivity index (χ1v) is 4.88. The van der Waals surface area contributed by atoms with Crippen LogP contribution < -0.4 is 5.32 Å². The molecular weight excluding hydrogens is 150 g/mol. The lowest BCUT2D eigenvalue weighted by molar-refractivity contribution is 0.175. The summed E-state index contributed by atoms with van der Waals surface area (Å²) in [6, 6.07) is 0. The second kappa shape index (κ2) is 5.20. The summed E-state index contributed by atoms with van der Waals surface area (Å²) in [4.78, 5) is 0. The van der Waals surface area contributed by atoms with Crippen LogP contribution >= 0.6 is 0 Å². The Morgan fingerprint density at radius 2 is 2.17 bits per heavy atom. The molecule has 0 aliphatic carbocycles. The normalized spacial score (nSPS) is 21.0. The molecule has 1 aliphatic heterocycles. The fourth-order valence-electron chi connectivity index (χ4n) is 1.71. The van der Waals surface area contributed by atoms with Gasteiger partial charge in [-0.05, 0) is 45.9 Å². The first-order chi connectivity index (χ1) is 5.88. The lowest BCUT2D eigenvalue weighted by atomic mass is 9.96. The molecule has 2 heteroatoms. The molecule has 70 valence electrons. The zero-order chi connectivity index (χ0) is 8.81. The van der Waals surface area contributed by atoms with Crippen LogP contribution in [0.1, 0.15) is 26.7 Å². The molecule has 0 amide bonds. The van der Waals surface area contributed by atoms with Crippen molar-refractivity contribution in [1.82, 2.24) is 5.32 Å². The molecule has 1 aliphatic rings. The topological polar surface area (TPSA) is 21.3 Å². The van der Waals surface area contributed by atoms with Crippen LogP contribution in [0.4, 0.5) is 0 Å². The number of hydrogen-bond acceptors (Lipinski definition) is 2. The molecule has 0 spiro atoms. The highest BCUT2D eigenvalue weighted by molar-refractivity contribution is 4.98. The van der Waals surface area contributed by atoms with Gasteiger partial charge in [0.2, 0.25) is 0 Å². The molecular formula is C10H19NO. The minimum absolute atomic E-state index is 0.663. The van der Waals surface area contributed by atoms with Crippen LogP contribution in [0.2, 0.25) is 0 Å². The van der Waals surface area contributed by atoms with Crippen molar-refractivity contribution in [3.8, 4) is 0 Å². The third-order valence-corrected chi connectivity index (χ3v) is 2.34. The number of allylic oxidation sites excluding steroid dienone is 2. The van der Waals surface area contributed by atoms with Crippen LogP contribution in [0.3, 0.4) is 0 Å². The molecule has 1 N–H and O–H groups in total. The average molecular weight is 169 g/mol. The van der Waals surface area contributed by atoms with Gasteiger partial charge in [-0.25, -0.2) is 0 Å². The Balaban J connectivity index is 2.41. The highest BCUT2D eigenvalue weighted by atomic mass is 16.5. The van der Waals surface area contributed by atoms with Gasteiger partial charge in [0.15, 0.2) is 0 Å². The van der Waals surface area contributed by atoms with Crippen molar-refractivity contribution < 1.29 is 4.74 Å². The molecule has 2 nitrogen and oxygen atoms in total. The molecule has 0 saturated carbocycles. The van der Waals surface area contributed by atoms with Gasteiger partial charge in [0.25, 0.3) is 0 Å². The Bertz CT molecular complexity index is 148. The van der Waals surface area contributed by atoms with E-state index in [1.165, 1.54) is 18.6 Å². The molecule has 1 heterocycles. The van der Waals surface area contributed by atoms with Crippen molar-refractivity contribution in [3.63, 3.8) is 0 Å². The van der Waals surface area contributed by atoms with E-state index in [0.29, 0.717) is 5.92 Å². The van der Waals surface area contributed by atoms with Crippen LogP contribution in [0.25, 0.3) is 0 Å². The molecule has 0 bridgehead atoms. The second-order valence-corrected chi connectivity index (χ2v) is 3.15. The molecule has 0 unspecified atom stereocenters. The van der Waals surface area contributed by atoms with E-state index in [0.717, 1.165) is 19.7 Å². The second-order valence-electron chi connectivity index (χ2n) is 3.15. The summed E-state index contributed by atoms with van der Waals surface area (Å²) in [5.41, 5.74) is 0. The molecule has 1 saturated heterocycles. The Hall–Kier alpha value is -0.500. The monoisotopic (exact) mass is 169 g/mol. The Kier molecular flexibility index (Phi) is 4.15. The largest absolute Gasteiger partial charge is 0.498 e. The van der Waals surface area contributed by atoms with E-state index in [-0.39, 0.29) is 0 Å². The van der Waals surface area contributed by atoms with E-state index in [1.807, 2.05) is 6.92 Å². The van der Waals surface area contributed by atoms with Crippen molar-refractivity contribution in [1.29, 1.82) is 0 Å². The summed E-state index contributed by atoms with van der Waals surface area (Å²) in [5, 5.41) is 3.35. The fraction of sp³-hybridized carbons (Fsp3) is 0.800. The maximum Gasteiger partial charge on any atom is 0.0948 e. The zero-order valence-electron chi connectivity index (χ0n) is 8.10. The van der Waals surface area contributed by atoms with Gasteiger partial charge in [-0.2, -0.15) is 0 Å². The minimum atomic E-state index is 0.663. The maximum atomic E-state index is 5.56. The Morgan fingerprint density at radius 1 is 1.50 bits per heavy atom. The van der Waals surface area contributed by atoms with Crippen LogP contribution in [-0.2, 0) is 4.74 Å². The van der Waals surface area contributed by atoms with Gasteiger partial charge >= 0.3 is 0 Å². The summed E-state index contributed by atoms with van der Waals surface area (Å²) < 4.78 is 5.56. The van der Waals surface area contributed by atoms with E-state index in [9.17, 15) is 0 Å². The first-order valence-electron chi connectivity index (χ1n) is 4.88.